The molecular formula is C16H20BrNO2S. The number of hydrogen-bond acceptors (Lipinski definition) is 4. The zero-order chi connectivity index (χ0) is 15.2. The van der Waals surface area contributed by atoms with E-state index in [1.807, 2.05) is 11.4 Å². The van der Waals surface area contributed by atoms with E-state index in [1.54, 1.807) is 25.6 Å². The van der Waals surface area contributed by atoms with Crippen LogP contribution in [0.25, 0.3) is 0 Å². The maximum absolute atomic E-state index is 5.28. The highest BCUT2D eigenvalue weighted by Gasteiger charge is 2.15. The summed E-state index contributed by atoms with van der Waals surface area (Å²) in [7, 11) is 3.38. The predicted octanol–water partition coefficient (Wildman–Crippen LogP) is 4.42. The second-order valence-electron chi connectivity index (χ2n) is 4.67. The Kier molecular flexibility index (Phi) is 6.08. The summed E-state index contributed by atoms with van der Waals surface area (Å²) < 4.78 is 11.5. The average Bonchev–Trinajstić information content (AvgIpc) is 2.96. The summed E-state index contributed by atoms with van der Waals surface area (Å²) in [5.41, 5.74) is 1.26. The van der Waals surface area contributed by atoms with Gasteiger partial charge in [0.15, 0.2) is 0 Å². The van der Waals surface area contributed by atoms with Crippen LogP contribution in [-0.2, 0) is 6.42 Å². The van der Waals surface area contributed by atoms with E-state index in [0.717, 1.165) is 28.9 Å². The zero-order valence-electron chi connectivity index (χ0n) is 12.5. The molecule has 0 aliphatic heterocycles. The van der Waals surface area contributed by atoms with Crippen LogP contribution in [0.4, 0.5) is 0 Å². The molecule has 114 valence electrons. The number of nitrogens with one attached hydrogen (secondary N) is 1. The monoisotopic (exact) mass is 369 g/mol. The first kappa shape index (κ1) is 16.3. The molecule has 1 heterocycles. The van der Waals surface area contributed by atoms with E-state index in [4.69, 9.17) is 9.47 Å². The van der Waals surface area contributed by atoms with E-state index in [0.29, 0.717) is 6.04 Å². The van der Waals surface area contributed by atoms with E-state index >= 15 is 0 Å². The van der Waals surface area contributed by atoms with Crippen molar-refractivity contribution in [1.29, 1.82) is 0 Å². The molecule has 0 saturated heterocycles. The van der Waals surface area contributed by atoms with Gasteiger partial charge in [-0.15, -0.1) is 11.3 Å². The molecule has 1 N–H and O–H groups in total. The summed E-state index contributed by atoms with van der Waals surface area (Å²) in [4.78, 5) is 1.29. The van der Waals surface area contributed by atoms with E-state index < -0.39 is 0 Å². The van der Waals surface area contributed by atoms with Gasteiger partial charge in [0, 0.05) is 16.3 Å². The summed E-state index contributed by atoms with van der Waals surface area (Å²) in [6.07, 6.45) is 0.931. The largest absolute Gasteiger partial charge is 0.496 e. The quantitative estimate of drug-likeness (QED) is 0.783. The molecule has 0 aliphatic carbocycles. The van der Waals surface area contributed by atoms with Gasteiger partial charge in [-0.1, -0.05) is 13.0 Å². The minimum Gasteiger partial charge on any atom is -0.496 e. The first-order chi connectivity index (χ1) is 10.2. The van der Waals surface area contributed by atoms with Crippen LogP contribution >= 0.6 is 27.3 Å². The fourth-order valence-corrected chi connectivity index (χ4v) is 3.74. The molecule has 1 atom stereocenters. The lowest BCUT2D eigenvalue weighted by Gasteiger charge is -2.17. The van der Waals surface area contributed by atoms with Crippen LogP contribution in [0.3, 0.4) is 0 Å². The first-order valence-corrected chi connectivity index (χ1v) is 8.53. The molecule has 1 aromatic carbocycles. The van der Waals surface area contributed by atoms with Crippen molar-refractivity contribution in [3.05, 3.63) is 44.6 Å². The van der Waals surface area contributed by atoms with Gasteiger partial charge in [0.05, 0.1) is 18.7 Å². The molecule has 5 heteroatoms. The van der Waals surface area contributed by atoms with Gasteiger partial charge < -0.3 is 14.8 Å². The lowest BCUT2D eigenvalue weighted by atomic mass is 10.0. The molecule has 0 aliphatic rings. The van der Waals surface area contributed by atoms with Crippen LogP contribution in [0.5, 0.6) is 11.5 Å². The zero-order valence-corrected chi connectivity index (χ0v) is 14.9. The average molecular weight is 370 g/mol. The Morgan fingerprint density at radius 2 is 2.05 bits per heavy atom. The van der Waals surface area contributed by atoms with E-state index in [2.05, 4.69) is 46.4 Å². The normalized spacial score (nSPS) is 12.2. The number of thiophene rings is 1. The van der Waals surface area contributed by atoms with Gasteiger partial charge in [-0.3, -0.25) is 0 Å². The number of rotatable bonds is 7. The van der Waals surface area contributed by atoms with E-state index in [9.17, 15) is 0 Å². The van der Waals surface area contributed by atoms with Crippen molar-refractivity contribution in [3.8, 4) is 11.5 Å². The van der Waals surface area contributed by atoms with E-state index in [1.165, 1.54) is 10.4 Å². The highest BCUT2D eigenvalue weighted by molar-refractivity contribution is 9.10. The number of halogens is 1. The summed E-state index contributed by atoms with van der Waals surface area (Å²) in [5, 5.41) is 5.59. The smallest absolute Gasteiger partial charge is 0.133 e. The minimum absolute atomic E-state index is 0.296. The third kappa shape index (κ3) is 4.22. The third-order valence-electron chi connectivity index (χ3n) is 3.28. The third-order valence-corrected chi connectivity index (χ3v) is 4.93. The Hall–Kier alpha value is -1.04. The standard InChI is InChI=1S/C16H20BrNO2S/c1-4-18-14(16-9-12(19-2)10-21-16)8-11-5-6-15(20-3)13(17)7-11/h5-7,9-10,14,18H,4,8H2,1-3H3. The SMILES string of the molecule is CCNC(Cc1ccc(OC)c(Br)c1)c1cc(OC)cs1. The Bertz CT molecular complexity index is 585. The molecule has 0 amide bonds. The fraction of sp³-hybridized carbons (Fsp3) is 0.375. The molecule has 0 bridgehead atoms. The van der Waals surface area contributed by atoms with Crippen molar-refractivity contribution in [2.45, 2.75) is 19.4 Å². The Morgan fingerprint density at radius 3 is 2.62 bits per heavy atom. The number of benzene rings is 1. The van der Waals surface area contributed by atoms with Crippen LogP contribution in [-0.4, -0.2) is 20.8 Å². The van der Waals surface area contributed by atoms with Crippen molar-refractivity contribution < 1.29 is 9.47 Å². The van der Waals surface area contributed by atoms with Gasteiger partial charge in [0.25, 0.3) is 0 Å². The molecule has 0 saturated carbocycles. The van der Waals surface area contributed by atoms with Crippen molar-refractivity contribution >= 4 is 27.3 Å². The van der Waals surface area contributed by atoms with Crippen LogP contribution in [0.2, 0.25) is 0 Å². The molecule has 2 rings (SSSR count). The maximum Gasteiger partial charge on any atom is 0.133 e. The van der Waals surface area contributed by atoms with Gasteiger partial charge in [-0.2, -0.15) is 0 Å². The number of methoxy groups -OCH3 is 2. The van der Waals surface area contributed by atoms with E-state index in [-0.39, 0.29) is 0 Å². The molecule has 0 spiro atoms. The number of hydrogen-bond donors (Lipinski definition) is 1. The molecule has 2 aromatic rings. The van der Waals surface area contributed by atoms with Crippen molar-refractivity contribution in [1.82, 2.24) is 5.32 Å². The predicted molar refractivity (Wildman–Crippen MR) is 91.7 cm³/mol. The Morgan fingerprint density at radius 1 is 1.24 bits per heavy atom. The van der Waals surface area contributed by atoms with Crippen molar-refractivity contribution in [2.24, 2.45) is 0 Å². The van der Waals surface area contributed by atoms with Crippen molar-refractivity contribution in [2.75, 3.05) is 20.8 Å². The lowest BCUT2D eigenvalue weighted by molar-refractivity contribution is 0.412. The molecule has 21 heavy (non-hydrogen) atoms. The second kappa shape index (κ2) is 7.82. The maximum atomic E-state index is 5.28. The van der Waals surface area contributed by atoms with Gasteiger partial charge in [-0.05, 0) is 52.7 Å². The molecule has 3 nitrogen and oxygen atoms in total. The van der Waals surface area contributed by atoms with Crippen LogP contribution < -0.4 is 14.8 Å². The van der Waals surface area contributed by atoms with Crippen molar-refractivity contribution in [3.63, 3.8) is 0 Å². The molecule has 1 unspecified atom stereocenters. The van der Waals surface area contributed by atoms with Gasteiger partial charge in [0.2, 0.25) is 0 Å². The molecule has 0 radical (unpaired) electrons. The highest BCUT2D eigenvalue weighted by atomic mass is 79.9. The summed E-state index contributed by atoms with van der Waals surface area (Å²) in [6.45, 7) is 3.06. The van der Waals surface area contributed by atoms with Gasteiger partial charge >= 0.3 is 0 Å². The number of ether oxygens (including phenoxy) is 2. The lowest BCUT2D eigenvalue weighted by Crippen LogP contribution is -2.22. The van der Waals surface area contributed by atoms with Gasteiger partial charge in [-0.25, -0.2) is 0 Å². The minimum atomic E-state index is 0.296. The topological polar surface area (TPSA) is 30.5 Å². The molecule has 0 fully saturated rings. The van der Waals surface area contributed by atoms with Crippen LogP contribution in [0.15, 0.2) is 34.1 Å². The van der Waals surface area contributed by atoms with Crippen LogP contribution in [0, 0.1) is 0 Å². The Balaban J connectivity index is 2.17. The first-order valence-electron chi connectivity index (χ1n) is 6.86. The van der Waals surface area contributed by atoms with Gasteiger partial charge in [0.1, 0.15) is 11.5 Å². The fourth-order valence-electron chi connectivity index (χ4n) is 2.22. The molecule has 1 aromatic heterocycles. The number of likely N-dealkylation sites (N-methyl/N-ethyl adjacent to an activating group) is 1. The molecular weight excluding hydrogens is 350 g/mol. The second-order valence-corrected chi connectivity index (χ2v) is 6.47. The summed E-state index contributed by atoms with van der Waals surface area (Å²) >= 11 is 5.27. The summed E-state index contributed by atoms with van der Waals surface area (Å²) in [5.74, 6) is 1.78. The highest BCUT2D eigenvalue weighted by Crippen LogP contribution is 2.31. The van der Waals surface area contributed by atoms with Crippen LogP contribution in [0.1, 0.15) is 23.4 Å². The summed E-state index contributed by atoms with van der Waals surface area (Å²) in [6, 6.07) is 8.63. The Labute approximate surface area is 138 Å².